The number of aromatic hydroxyl groups is 1. The maximum Gasteiger partial charge on any atom is 0.174 e. The fraction of sp³-hybridized carbons (Fsp3) is 0.154. The van der Waals surface area contributed by atoms with Crippen molar-refractivity contribution < 1.29 is 14.7 Å². The summed E-state index contributed by atoms with van der Waals surface area (Å²) in [6.07, 6.45) is 2.64. The summed E-state index contributed by atoms with van der Waals surface area (Å²) in [6, 6.07) is 24.4. The van der Waals surface area contributed by atoms with E-state index in [4.69, 9.17) is 19.6 Å². The molecule has 0 aliphatic rings. The maximum absolute atomic E-state index is 9.45. The van der Waals surface area contributed by atoms with Gasteiger partial charge in [-0.15, -0.1) is 0 Å². The molecule has 7 heteroatoms. The Labute approximate surface area is 194 Å². The highest BCUT2D eigenvalue weighted by Gasteiger charge is 2.10. The van der Waals surface area contributed by atoms with Crippen LogP contribution in [0, 0.1) is 0 Å². The normalized spacial score (nSPS) is 9.15. The Morgan fingerprint density at radius 3 is 1.45 bits per heavy atom. The number of nitrogens with zero attached hydrogens (tertiary/aromatic N) is 2. The van der Waals surface area contributed by atoms with Crippen molar-refractivity contribution in [1.82, 2.24) is 9.97 Å². The van der Waals surface area contributed by atoms with Crippen molar-refractivity contribution in [2.24, 2.45) is 0 Å². The standard InChI is InChI=1S/C20H16N4O.C4H10.2CH2O/c25-16-12-10-15(11-13-16)22-20-19(21-14-6-2-1-3-7-14)23-17-8-4-5-9-18(17)24-20;1-3-4-2;2*1-2/h1-13,25H,(H,21,23)(H,22,24);3-4H2,1-2H3;2*1H2. The SMILES string of the molecule is C=O.C=O.CCCC.Oc1ccc(Nc2nc3ccccc3nc2Nc2ccccc2)cc1. The third-order valence-corrected chi connectivity index (χ3v) is 4.24. The predicted octanol–water partition coefficient (Wildman–Crippen LogP) is 6.26. The molecule has 0 aliphatic carbocycles. The highest BCUT2D eigenvalue weighted by molar-refractivity contribution is 5.83. The van der Waals surface area contributed by atoms with Crippen LogP contribution in [0.15, 0.2) is 78.9 Å². The minimum atomic E-state index is 0.220. The minimum absolute atomic E-state index is 0.220. The van der Waals surface area contributed by atoms with Crippen LogP contribution >= 0.6 is 0 Å². The molecule has 3 N–H and O–H groups in total. The number of hydrogen-bond acceptors (Lipinski definition) is 7. The van der Waals surface area contributed by atoms with Crippen molar-refractivity contribution in [2.45, 2.75) is 26.7 Å². The molecule has 0 bridgehead atoms. The molecule has 4 aromatic rings. The number of fused-ring (bicyclic) bond motifs is 1. The van der Waals surface area contributed by atoms with Crippen molar-refractivity contribution in [3.05, 3.63) is 78.9 Å². The molecule has 0 saturated carbocycles. The molecular formula is C26H30N4O3. The van der Waals surface area contributed by atoms with Crippen molar-refractivity contribution in [3.63, 3.8) is 0 Å². The zero-order valence-corrected chi connectivity index (χ0v) is 19.0. The molecule has 1 aromatic heterocycles. The zero-order valence-electron chi connectivity index (χ0n) is 19.0. The van der Waals surface area contributed by atoms with Crippen LogP contribution in [0.3, 0.4) is 0 Å². The fourth-order valence-electron chi connectivity index (χ4n) is 2.51. The van der Waals surface area contributed by atoms with Crippen LogP contribution in [0.1, 0.15) is 26.7 Å². The van der Waals surface area contributed by atoms with Gasteiger partial charge in [0.2, 0.25) is 0 Å². The van der Waals surface area contributed by atoms with Crippen molar-refractivity contribution >= 4 is 47.6 Å². The number of phenolic OH excluding ortho intramolecular Hbond substituents is 1. The number of rotatable bonds is 5. The molecule has 4 rings (SSSR count). The smallest absolute Gasteiger partial charge is 0.174 e. The molecule has 7 nitrogen and oxygen atoms in total. The van der Waals surface area contributed by atoms with Gasteiger partial charge in [-0.2, -0.15) is 0 Å². The van der Waals surface area contributed by atoms with Gasteiger partial charge in [0.25, 0.3) is 0 Å². The van der Waals surface area contributed by atoms with Gasteiger partial charge in [-0.25, -0.2) is 9.97 Å². The first-order valence-corrected chi connectivity index (χ1v) is 10.4. The molecule has 0 unspecified atom stereocenters. The molecule has 3 aromatic carbocycles. The Hall–Kier alpha value is -4.26. The second-order valence-electron chi connectivity index (χ2n) is 6.57. The molecule has 0 aliphatic heterocycles. The third kappa shape index (κ3) is 8.78. The van der Waals surface area contributed by atoms with Crippen LogP contribution in [0.2, 0.25) is 0 Å². The molecule has 0 radical (unpaired) electrons. The first-order valence-electron chi connectivity index (χ1n) is 10.4. The summed E-state index contributed by atoms with van der Waals surface area (Å²) in [4.78, 5) is 25.4. The average molecular weight is 447 g/mol. The Balaban J connectivity index is 0.000000605. The van der Waals surface area contributed by atoms with Gasteiger partial charge in [0.05, 0.1) is 11.0 Å². The summed E-state index contributed by atoms with van der Waals surface area (Å²) in [6.45, 7) is 8.36. The molecular weight excluding hydrogens is 416 g/mol. The van der Waals surface area contributed by atoms with E-state index in [1.165, 1.54) is 12.8 Å². The Morgan fingerprint density at radius 1 is 0.636 bits per heavy atom. The molecule has 1 heterocycles. The van der Waals surface area contributed by atoms with Crippen LogP contribution in [-0.2, 0) is 9.59 Å². The van der Waals surface area contributed by atoms with Gasteiger partial charge in [0.1, 0.15) is 19.3 Å². The number of phenols is 1. The lowest BCUT2D eigenvalue weighted by atomic mass is 10.2. The molecule has 0 amide bonds. The van der Waals surface area contributed by atoms with Gasteiger partial charge in [0.15, 0.2) is 11.6 Å². The van der Waals surface area contributed by atoms with Crippen molar-refractivity contribution in [1.29, 1.82) is 0 Å². The number of hydrogen-bond donors (Lipinski definition) is 3. The monoisotopic (exact) mass is 446 g/mol. The number of para-hydroxylation sites is 3. The van der Waals surface area contributed by atoms with Crippen LogP contribution in [0.4, 0.5) is 23.0 Å². The maximum atomic E-state index is 9.45. The average Bonchev–Trinajstić information content (AvgIpc) is 2.89. The lowest BCUT2D eigenvalue weighted by molar-refractivity contribution is -0.0987. The fourth-order valence-corrected chi connectivity index (χ4v) is 2.51. The number of benzene rings is 3. The Bertz CT molecular complexity index is 1070. The van der Waals surface area contributed by atoms with Crippen molar-refractivity contribution in [2.75, 3.05) is 10.6 Å². The predicted molar refractivity (Wildman–Crippen MR) is 135 cm³/mol. The van der Waals surface area contributed by atoms with Crippen LogP contribution in [0.25, 0.3) is 11.0 Å². The van der Waals surface area contributed by atoms with Crippen LogP contribution in [0.5, 0.6) is 5.75 Å². The lowest BCUT2D eigenvalue weighted by Gasteiger charge is -2.13. The molecule has 0 atom stereocenters. The number of unbranched alkanes of at least 4 members (excludes halogenated alkanes) is 1. The summed E-state index contributed by atoms with van der Waals surface area (Å²) < 4.78 is 0. The quantitative estimate of drug-likeness (QED) is 0.311. The largest absolute Gasteiger partial charge is 0.508 e. The highest BCUT2D eigenvalue weighted by atomic mass is 16.3. The summed E-state index contributed by atoms with van der Waals surface area (Å²) in [5, 5.41) is 16.0. The third-order valence-electron chi connectivity index (χ3n) is 4.24. The number of nitrogens with one attached hydrogen (secondary N) is 2. The van der Waals surface area contributed by atoms with E-state index >= 15 is 0 Å². The van der Waals surface area contributed by atoms with Gasteiger partial charge >= 0.3 is 0 Å². The first kappa shape index (κ1) is 26.8. The second-order valence-corrected chi connectivity index (χ2v) is 6.57. The van der Waals surface area contributed by atoms with Crippen LogP contribution in [-0.4, -0.2) is 28.7 Å². The molecule has 172 valence electrons. The number of aromatic nitrogens is 2. The van der Waals surface area contributed by atoms with Crippen molar-refractivity contribution in [3.8, 4) is 5.75 Å². The van der Waals surface area contributed by atoms with Gasteiger partial charge < -0.3 is 25.3 Å². The second kappa shape index (κ2) is 15.5. The lowest BCUT2D eigenvalue weighted by Crippen LogP contribution is -2.03. The molecule has 0 saturated heterocycles. The van der Waals surface area contributed by atoms with Gasteiger partial charge in [-0.05, 0) is 48.5 Å². The topological polar surface area (TPSA) is 104 Å². The summed E-state index contributed by atoms with van der Waals surface area (Å²) >= 11 is 0. The number of anilines is 4. The molecule has 0 spiro atoms. The van der Waals surface area contributed by atoms with E-state index in [1.807, 2.05) is 68.2 Å². The Morgan fingerprint density at radius 2 is 1.03 bits per heavy atom. The summed E-state index contributed by atoms with van der Waals surface area (Å²) in [5.74, 6) is 1.48. The summed E-state index contributed by atoms with van der Waals surface area (Å²) in [7, 11) is 0. The van der Waals surface area contributed by atoms with E-state index in [0.29, 0.717) is 11.6 Å². The molecule has 0 fully saturated rings. The van der Waals surface area contributed by atoms with Gasteiger partial charge in [-0.3, -0.25) is 0 Å². The Kier molecular flexibility index (Phi) is 12.6. The van der Waals surface area contributed by atoms with E-state index < -0.39 is 0 Å². The molecule has 33 heavy (non-hydrogen) atoms. The van der Waals surface area contributed by atoms with Crippen LogP contribution < -0.4 is 10.6 Å². The first-order chi connectivity index (χ1) is 16.2. The summed E-state index contributed by atoms with van der Waals surface area (Å²) in [5.41, 5.74) is 3.37. The van der Waals surface area contributed by atoms with Gasteiger partial charge in [0, 0.05) is 11.4 Å². The number of carbonyl (C=O) groups is 2. The van der Waals surface area contributed by atoms with E-state index in [0.717, 1.165) is 22.4 Å². The van der Waals surface area contributed by atoms with E-state index in [9.17, 15) is 5.11 Å². The van der Waals surface area contributed by atoms with E-state index in [-0.39, 0.29) is 5.75 Å². The highest BCUT2D eigenvalue weighted by Crippen LogP contribution is 2.28. The van der Waals surface area contributed by atoms with Gasteiger partial charge in [-0.1, -0.05) is 57.0 Å². The minimum Gasteiger partial charge on any atom is -0.508 e. The number of carbonyl (C=O) groups excluding carboxylic acids is 2. The van der Waals surface area contributed by atoms with E-state index in [1.54, 1.807) is 24.3 Å². The van der Waals surface area contributed by atoms with E-state index in [2.05, 4.69) is 24.5 Å². The zero-order chi connectivity index (χ0) is 24.5.